The SMILES string of the molecule is COCCC(=O)C(C)(C#N)N=NC(C)(C#N)CCC(C)=O. The quantitative estimate of drug-likeness (QED) is 0.602. The van der Waals surface area contributed by atoms with Gasteiger partial charge in [0.2, 0.25) is 5.54 Å². The molecule has 0 aliphatic heterocycles. The maximum atomic E-state index is 11.9. The highest BCUT2D eigenvalue weighted by atomic mass is 16.5. The van der Waals surface area contributed by atoms with E-state index in [9.17, 15) is 9.59 Å². The third kappa shape index (κ3) is 6.24. The summed E-state index contributed by atoms with van der Waals surface area (Å²) >= 11 is 0. The zero-order chi connectivity index (χ0) is 16.5. The van der Waals surface area contributed by atoms with Gasteiger partial charge in [-0.15, -0.1) is 0 Å². The first kappa shape index (κ1) is 18.9. The second kappa shape index (κ2) is 8.23. The fourth-order valence-corrected chi connectivity index (χ4v) is 1.34. The second-order valence-electron chi connectivity index (χ2n) is 5.14. The van der Waals surface area contributed by atoms with Gasteiger partial charge in [0, 0.05) is 20.0 Å². The van der Waals surface area contributed by atoms with Gasteiger partial charge < -0.3 is 9.53 Å². The molecule has 7 nitrogen and oxygen atoms in total. The van der Waals surface area contributed by atoms with Crippen LogP contribution in [0.4, 0.5) is 0 Å². The van der Waals surface area contributed by atoms with Gasteiger partial charge in [-0.25, -0.2) is 0 Å². The van der Waals surface area contributed by atoms with Crippen LogP contribution in [0.15, 0.2) is 10.2 Å². The van der Waals surface area contributed by atoms with E-state index in [0.717, 1.165) is 0 Å². The predicted octanol–water partition coefficient (Wildman–Crippen LogP) is 1.98. The molecule has 0 N–H and O–H groups in total. The molecule has 0 aliphatic carbocycles. The Morgan fingerprint density at radius 2 is 1.76 bits per heavy atom. The average molecular weight is 292 g/mol. The van der Waals surface area contributed by atoms with E-state index in [1.54, 1.807) is 6.07 Å². The molecule has 21 heavy (non-hydrogen) atoms. The predicted molar refractivity (Wildman–Crippen MR) is 74.3 cm³/mol. The molecule has 0 saturated carbocycles. The normalized spacial score (nSPS) is 16.5. The van der Waals surface area contributed by atoms with Crippen LogP contribution in [-0.4, -0.2) is 36.4 Å². The lowest BCUT2D eigenvalue weighted by molar-refractivity contribution is -0.123. The van der Waals surface area contributed by atoms with Crippen LogP contribution >= 0.6 is 0 Å². The van der Waals surface area contributed by atoms with Crippen molar-refractivity contribution in [3.63, 3.8) is 0 Å². The largest absolute Gasteiger partial charge is 0.384 e. The van der Waals surface area contributed by atoms with Crippen molar-refractivity contribution in [1.29, 1.82) is 10.5 Å². The number of Topliss-reactive ketones (excluding diaryl/α,β-unsaturated/α-hetero) is 2. The monoisotopic (exact) mass is 292 g/mol. The van der Waals surface area contributed by atoms with Gasteiger partial charge in [0.1, 0.15) is 11.9 Å². The first-order valence-electron chi connectivity index (χ1n) is 6.51. The number of hydrogen-bond donors (Lipinski definition) is 0. The van der Waals surface area contributed by atoms with Gasteiger partial charge in [-0.2, -0.15) is 20.8 Å². The standard InChI is InChI=1S/C14H20N4O3/c1-11(19)5-7-13(2,9-15)17-18-14(3,10-16)12(20)6-8-21-4/h5-8H2,1-4H3. The first-order chi connectivity index (χ1) is 9.73. The summed E-state index contributed by atoms with van der Waals surface area (Å²) in [5.74, 6) is -0.492. The Hall–Kier alpha value is -2.12. The van der Waals surface area contributed by atoms with Gasteiger partial charge in [0.25, 0.3) is 0 Å². The number of carbonyl (C=O) groups is 2. The Balaban J connectivity index is 5.08. The van der Waals surface area contributed by atoms with Gasteiger partial charge in [0.15, 0.2) is 11.3 Å². The third-order valence-electron chi connectivity index (χ3n) is 2.97. The molecule has 2 atom stereocenters. The first-order valence-corrected chi connectivity index (χ1v) is 6.51. The highest BCUT2D eigenvalue weighted by molar-refractivity contribution is 5.91. The second-order valence-corrected chi connectivity index (χ2v) is 5.14. The molecule has 2 unspecified atom stereocenters. The third-order valence-corrected chi connectivity index (χ3v) is 2.97. The Morgan fingerprint density at radius 3 is 2.19 bits per heavy atom. The molecule has 7 heteroatoms. The summed E-state index contributed by atoms with van der Waals surface area (Å²) in [6.07, 6.45) is 0.413. The van der Waals surface area contributed by atoms with E-state index in [-0.39, 0.29) is 31.7 Å². The van der Waals surface area contributed by atoms with E-state index in [1.165, 1.54) is 27.9 Å². The molecule has 0 fully saturated rings. The summed E-state index contributed by atoms with van der Waals surface area (Å²) < 4.78 is 4.79. The van der Waals surface area contributed by atoms with Crippen LogP contribution in [0, 0.1) is 22.7 Å². The molecular formula is C14H20N4O3. The number of methoxy groups -OCH3 is 1. The summed E-state index contributed by atoms with van der Waals surface area (Å²) in [6, 6.07) is 3.76. The molecule has 0 aromatic carbocycles. The maximum absolute atomic E-state index is 11.9. The van der Waals surface area contributed by atoms with Gasteiger partial charge in [-0.1, -0.05) is 0 Å². The highest BCUT2D eigenvalue weighted by Crippen LogP contribution is 2.22. The van der Waals surface area contributed by atoms with Crippen LogP contribution in [0.5, 0.6) is 0 Å². The average Bonchev–Trinajstić information content (AvgIpc) is 2.48. The summed E-state index contributed by atoms with van der Waals surface area (Å²) in [7, 11) is 1.45. The molecule has 0 aromatic rings. The van der Waals surface area contributed by atoms with E-state index in [1.807, 2.05) is 6.07 Å². The van der Waals surface area contributed by atoms with Gasteiger partial charge in [-0.05, 0) is 27.2 Å². The molecule has 0 heterocycles. The fourth-order valence-electron chi connectivity index (χ4n) is 1.34. The van der Waals surface area contributed by atoms with Crippen LogP contribution < -0.4 is 0 Å². The minimum atomic E-state index is -1.65. The molecule has 0 rings (SSSR count). The number of hydrogen-bond acceptors (Lipinski definition) is 7. The van der Waals surface area contributed by atoms with Crippen molar-refractivity contribution in [2.24, 2.45) is 10.2 Å². The molecule has 0 spiro atoms. The Labute approximate surface area is 124 Å². The van der Waals surface area contributed by atoms with Crippen molar-refractivity contribution in [2.45, 2.75) is 51.1 Å². The minimum absolute atomic E-state index is 0.0380. The molecular weight excluding hydrogens is 272 g/mol. The maximum Gasteiger partial charge on any atom is 0.222 e. The number of ketones is 2. The van der Waals surface area contributed by atoms with Crippen molar-refractivity contribution in [3.8, 4) is 12.1 Å². The lowest BCUT2D eigenvalue weighted by atomic mass is 9.96. The summed E-state index contributed by atoms with van der Waals surface area (Å²) in [5.41, 5.74) is -2.88. The Morgan fingerprint density at radius 1 is 1.14 bits per heavy atom. The van der Waals surface area contributed by atoms with E-state index >= 15 is 0 Å². The fraction of sp³-hybridized carbons (Fsp3) is 0.714. The van der Waals surface area contributed by atoms with Gasteiger partial charge in [-0.3, -0.25) is 4.79 Å². The molecule has 0 amide bonds. The van der Waals surface area contributed by atoms with Crippen LogP contribution in [0.1, 0.15) is 40.0 Å². The molecule has 0 bridgehead atoms. The van der Waals surface area contributed by atoms with E-state index in [2.05, 4.69) is 10.2 Å². The van der Waals surface area contributed by atoms with Crippen LogP contribution in [0.3, 0.4) is 0 Å². The van der Waals surface area contributed by atoms with Crippen LogP contribution in [0.25, 0.3) is 0 Å². The van der Waals surface area contributed by atoms with E-state index < -0.39 is 16.9 Å². The molecule has 0 radical (unpaired) electrons. The summed E-state index contributed by atoms with van der Waals surface area (Å²) in [5, 5.41) is 25.9. The van der Waals surface area contributed by atoms with E-state index in [4.69, 9.17) is 15.3 Å². The van der Waals surface area contributed by atoms with Crippen molar-refractivity contribution in [3.05, 3.63) is 0 Å². The minimum Gasteiger partial charge on any atom is -0.384 e. The Bertz CT molecular complexity index is 503. The molecule has 114 valence electrons. The summed E-state index contributed by atoms with van der Waals surface area (Å²) in [4.78, 5) is 22.9. The zero-order valence-electron chi connectivity index (χ0n) is 12.8. The Kier molecular flexibility index (Phi) is 7.40. The van der Waals surface area contributed by atoms with Crippen molar-refractivity contribution in [2.75, 3.05) is 13.7 Å². The summed E-state index contributed by atoms with van der Waals surface area (Å²) in [6.45, 7) is 4.46. The van der Waals surface area contributed by atoms with Crippen molar-refractivity contribution < 1.29 is 14.3 Å². The highest BCUT2D eigenvalue weighted by Gasteiger charge is 2.34. The topological polar surface area (TPSA) is 116 Å². The number of nitriles is 2. The van der Waals surface area contributed by atoms with Crippen molar-refractivity contribution >= 4 is 11.6 Å². The van der Waals surface area contributed by atoms with Crippen molar-refractivity contribution in [1.82, 2.24) is 0 Å². The number of azo groups is 1. The number of rotatable bonds is 9. The lowest BCUT2D eigenvalue weighted by Gasteiger charge is -2.18. The van der Waals surface area contributed by atoms with Gasteiger partial charge in [0.05, 0.1) is 12.7 Å². The molecule has 0 aliphatic rings. The smallest absolute Gasteiger partial charge is 0.222 e. The molecule has 0 aromatic heterocycles. The van der Waals surface area contributed by atoms with E-state index in [0.29, 0.717) is 0 Å². The number of nitrogens with zero attached hydrogens (tertiary/aromatic N) is 4. The van der Waals surface area contributed by atoms with Crippen LogP contribution in [-0.2, 0) is 14.3 Å². The molecule has 0 saturated heterocycles. The van der Waals surface area contributed by atoms with Gasteiger partial charge >= 0.3 is 0 Å². The van der Waals surface area contributed by atoms with Crippen LogP contribution in [0.2, 0.25) is 0 Å². The zero-order valence-corrected chi connectivity index (χ0v) is 12.8. The number of carbonyl (C=O) groups excluding carboxylic acids is 2. The lowest BCUT2D eigenvalue weighted by Crippen LogP contribution is -2.33. The number of ether oxygens (including phenoxy) is 1.